The molecule has 2 aliphatic heterocycles. The van der Waals surface area contributed by atoms with E-state index in [1.807, 2.05) is 31.2 Å². The molecule has 0 saturated heterocycles. The van der Waals surface area contributed by atoms with Crippen molar-refractivity contribution in [3.63, 3.8) is 0 Å². The van der Waals surface area contributed by atoms with Gasteiger partial charge in [0.1, 0.15) is 10.8 Å². The van der Waals surface area contributed by atoms with Gasteiger partial charge in [-0.15, -0.1) is 0 Å². The predicted octanol–water partition coefficient (Wildman–Crippen LogP) is 3.00. The van der Waals surface area contributed by atoms with Gasteiger partial charge in [0.05, 0.1) is 11.8 Å². The first-order valence-corrected chi connectivity index (χ1v) is 11.4. The molecule has 0 spiro atoms. The topological polar surface area (TPSA) is 112 Å². The Kier molecular flexibility index (Phi) is 5.04. The lowest BCUT2D eigenvalue weighted by Crippen LogP contribution is -2.35. The molecule has 2 aromatic rings. The van der Waals surface area contributed by atoms with Crippen LogP contribution in [0.3, 0.4) is 0 Å². The van der Waals surface area contributed by atoms with Crippen molar-refractivity contribution in [3.8, 4) is 5.75 Å². The molecule has 1 N–H and O–H groups in total. The lowest BCUT2D eigenvalue weighted by molar-refractivity contribution is -0.114. The van der Waals surface area contributed by atoms with Gasteiger partial charge in [0, 0.05) is 5.56 Å². The number of rotatable bonds is 4. The van der Waals surface area contributed by atoms with E-state index in [1.165, 1.54) is 35.0 Å². The zero-order valence-electron chi connectivity index (χ0n) is 16.0. The number of amides is 1. The average molecular weight is 441 g/mol. The Morgan fingerprint density at radius 2 is 1.93 bits per heavy atom. The minimum atomic E-state index is -3.68. The molecule has 0 fully saturated rings. The van der Waals surface area contributed by atoms with Gasteiger partial charge in [0.25, 0.3) is 5.91 Å². The summed E-state index contributed by atoms with van der Waals surface area (Å²) in [5, 5.41) is 15.2. The standard InChI is InChI=1S/C20H16N4O4S2/c1-12-5-3-7-14(9-12)19-23-24-17(21)16(18(25)22-20(24)29-19)11-13-6-4-8-15(10-13)28-30(2,26)27/h3-11,21H,1-2H3/b16-11+,21-17?. The third-order valence-electron chi connectivity index (χ3n) is 4.14. The maximum absolute atomic E-state index is 12.5. The first kappa shape index (κ1) is 20.0. The smallest absolute Gasteiger partial charge is 0.306 e. The summed E-state index contributed by atoms with van der Waals surface area (Å²) in [6.45, 7) is 1.97. The summed E-state index contributed by atoms with van der Waals surface area (Å²) < 4.78 is 27.5. The molecular formula is C20H16N4O4S2. The number of carbonyl (C=O) groups is 1. The maximum Gasteiger partial charge on any atom is 0.306 e. The van der Waals surface area contributed by atoms with Crippen LogP contribution in [0.4, 0.5) is 0 Å². The summed E-state index contributed by atoms with van der Waals surface area (Å²) in [6, 6.07) is 14.0. The molecule has 4 rings (SSSR count). The van der Waals surface area contributed by atoms with Crippen molar-refractivity contribution in [1.29, 1.82) is 5.41 Å². The van der Waals surface area contributed by atoms with Gasteiger partial charge in [-0.25, -0.2) is 0 Å². The van der Waals surface area contributed by atoms with Crippen molar-refractivity contribution < 1.29 is 17.4 Å². The number of thioether (sulfide) groups is 1. The number of nitrogens with zero attached hydrogens (tertiary/aromatic N) is 3. The molecule has 10 heteroatoms. The van der Waals surface area contributed by atoms with E-state index in [0.717, 1.165) is 17.4 Å². The Bertz CT molecular complexity index is 1280. The highest BCUT2D eigenvalue weighted by Gasteiger charge is 2.36. The maximum atomic E-state index is 12.5. The number of aliphatic imine (C=N–C) groups is 1. The Hall–Kier alpha value is -3.24. The molecule has 30 heavy (non-hydrogen) atoms. The van der Waals surface area contributed by atoms with Crippen LogP contribution in [0.15, 0.2) is 64.2 Å². The molecule has 2 heterocycles. The number of hydrazone groups is 1. The second kappa shape index (κ2) is 7.54. The fourth-order valence-corrected chi connectivity index (χ4v) is 4.23. The van der Waals surface area contributed by atoms with Gasteiger partial charge in [0.15, 0.2) is 5.84 Å². The normalized spacial score (nSPS) is 17.7. The first-order valence-electron chi connectivity index (χ1n) is 8.76. The van der Waals surface area contributed by atoms with E-state index in [0.29, 0.717) is 15.8 Å². The van der Waals surface area contributed by atoms with Gasteiger partial charge in [-0.05, 0) is 48.5 Å². The van der Waals surface area contributed by atoms with Crippen molar-refractivity contribution in [1.82, 2.24) is 5.01 Å². The summed E-state index contributed by atoms with van der Waals surface area (Å²) >= 11 is 1.23. The van der Waals surface area contributed by atoms with Gasteiger partial charge in [-0.2, -0.15) is 23.5 Å². The van der Waals surface area contributed by atoms with E-state index in [1.54, 1.807) is 12.1 Å². The second-order valence-corrected chi connectivity index (χ2v) is 9.19. The molecule has 0 saturated carbocycles. The van der Waals surface area contributed by atoms with E-state index in [4.69, 9.17) is 9.59 Å². The van der Waals surface area contributed by atoms with E-state index >= 15 is 0 Å². The molecule has 0 bridgehead atoms. The third kappa shape index (κ3) is 4.19. The number of fused-ring (bicyclic) bond motifs is 1. The largest absolute Gasteiger partial charge is 0.383 e. The zero-order chi connectivity index (χ0) is 21.5. The Morgan fingerprint density at radius 3 is 2.67 bits per heavy atom. The Labute approximate surface area is 177 Å². The summed E-state index contributed by atoms with van der Waals surface area (Å²) in [6.07, 6.45) is 2.41. The third-order valence-corrected chi connectivity index (χ3v) is 5.59. The zero-order valence-corrected chi connectivity index (χ0v) is 17.6. The SMILES string of the molecule is Cc1cccc(C2=NN3C(=N)/C(=C\c4cccc(OS(C)(=O)=O)c4)C(=O)N=C3S2)c1. The van der Waals surface area contributed by atoms with E-state index in [2.05, 4.69) is 10.1 Å². The van der Waals surface area contributed by atoms with Crippen LogP contribution >= 0.6 is 11.8 Å². The summed E-state index contributed by atoms with van der Waals surface area (Å²) in [5.74, 6) is -0.550. The minimum Gasteiger partial charge on any atom is -0.383 e. The number of amidine groups is 2. The summed E-state index contributed by atoms with van der Waals surface area (Å²) in [7, 11) is -3.68. The fourth-order valence-electron chi connectivity index (χ4n) is 2.88. The number of aryl methyl sites for hydroxylation is 1. The van der Waals surface area contributed by atoms with Crippen molar-refractivity contribution in [2.45, 2.75) is 6.92 Å². The number of carbonyl (C=O) groups excluding carboxylic acids is 1. The van der Waals surface area contributed by atoms with Crippen LogP contribution in [0.1, 0.15) is 16.7 Å². The molecule has 1 amide bonds. The van der Waals surface area contributed by atoms with Crippen molar-refractivity contribution in [2.24, 2.45) is 10.1 Å². The average Bonchev–Trinajstić information content (AvgIpc) is 3.08. The lowest BCUT2D eigenvalue weighted by atomic mass is 10.1. The van der Waals surface area contributed by atoms with Crippen molar-refractivity contribution >= 4 is 49.9 Å². The van der Waals surface area contributed by atoms with E-state index in [-0.39, 0.29) is 17.2 Å². The highest BCUT2D eigenvalue weighted by Crippen LogP contribution is 2.31. The van der Waals surface area contributed by atoms with Crippen LogP contribution in [0.2, 0.25) is 0 Å². The van der Waals surface area contributed by atoms with Gasteiger partial charge in [-0.3, -0.25) is 10.2 Å². The van der Waals surface area contributed by atoms with Crippen LogP contribution in [0, 0.1) is 12.3 Å². The van der Waals surface area contributed by atoms with Gasteiger partial charge >= 0.3 is 10.1 Å². The highest BCUT2D eigenvalue weighted by molar-refractivity contribution is 8.27. The van der Waals surface area contributed by atoms with Crippen molar-refractivity contribution in [3.05, 3.63) is 70.8 Å². The van der Waals surface area contributed by atoms with Crippen LogP contribution in [0.5, 0.6) is 5.75 Å². The molecule has 2 aromatic carbocycles. The van der Waals surface area contributed by atoms with Crippen LogP contribution in [0.25, 0.3) is 6.08 Å². The second-order valence-electron chi connectivity index (χ2n) is 6.65. The molecule has 0 aromatic heterocycles. The minimum absolute atomic E-state index is 0.0464. The quantitative estimate of drug-likeness (QED) is 0.578. The number of hydrogen-bond acceptors (Lipinski definition) is 7. The number of nitrogens with one attached hydrogen (secondary N) is 1. The number of benzene rings is 2. The van der Waals surface area contributed by atoms with Gasteiger partial charge in [0.2, 0.25) is 5.17 Å². The van der Waals surface area contributed by atoms with E-state index in [9.17, 15) is 13.2 Å². The molecule has 2 aliphatic rings. The monoisotopic (exact) mass is 440 g/mol. The molecule has 0 aliphatic carbocycles. The van der Waals surface area contributed by atoms with Gasteiger partial charge < -0.3 is 4.18 Å². The molecular weight excluding hydrogens is 424 g/mol. The molecule has 152 valence electrons. The molecule has 0 radical (unpaired) electrons. The van der Waals surface area contributed by atoms with Crippen LogP contribution in [-0.2, 0) is 14.9 Å². The van der Waals surface area contributed by atoms with E-state index < -0.39 is 16.0 Å². The van der Waals surface area contributed by atoms with Gasteiger partial charge in [-0.1, -0.05) is 35.9 Å². The number of hydrogen-bond donors (Lipinski definition) is 1. The Balaban J connectivity index is 1.66. The summed E-state index contributed by atoms with van der Waals surface area (Å²) in [4.78, 5) is 16.6. The molecule has 0 unspecified atom stereocenters. The van der Waals surface area contributed by atoms with Crippen LogP contribution < -0.4 is 4.18 Å². The predicted molar refractivity (Wildman–Crippen MR) is 117 cm³/mol. The Morgan fingerprint density at radius 1 is 1.17 bits per heavy atom. The van der Waals surface area contributed by atoms with Crippen molar-refractivity contribution in [2.75, 3.05) is 6.26 Å². The molecule has 8 nitrogen and oxygen atoms in total. The summed E-state index contributed by atoms with van der Waals surface area (Å²) in [5.41, 5.74) is 2.50. The first-order chi connectivity index (χ1) is 14.2. The molecule has 0 atom stereocenters. The van der Waals surface area contributed by atoms with Crippen LogP contribution in [-0.4, -0.2) is 41.6 Å². The lowest BCUT2D eigenvalue weighted by Gasteiger charge is -2.20. The fraction of sp³-hybridized carbons (Fsp3) is 0.100. The highest BCUT2D eigenvalue weighted by atomic mass is 32.2.